The van der Waals surface area contributed by atoms with Gasteiger partial charge in [-0.25, -0.2) is 4.79 Å². The van der Waals surface area contributed by atoms with Crippen LogP contribution in [-0.2, 0) is 20.7 Å². The summed E-state index contributed by atoms with van der Waals surface area (Å²) >= 11 is 0. The fourth-order valence-corrected chi connectivity index (χ4v) is 4.78. The number of phenolic OH excluding ortho intramolecular Hbond substituents is 1. The van der Waals surface area contributed by atoms with E-state index in [-0.39, 0.29) is 18.2 Å². The van der Waals surface area contributed by atoms with Crippen LogP contribution in [0.3, 0.4) is 0 Å². The van der Waals surface area contributed by atoms with Crippen molar-refractivity contribution in [1.82, 2.24) is 10.2 Å². The van der Waals surface area contributed by atoms with Crippen LogP contribution in [-0.4, -0.2) is 45.6 Å². The normalized spacial score (nSPS) is 14.5. The lowest BCUT2D eigenvalue weighted by Gasteiger charge is -2.35. The molecule has 41 heavy (non-hydrogen) atoms. The summed E-state index contributed by atoms with van der Waals surface area (Å²) in [5.41, 5.74) is 2.48. The molecule has 4 rings (SSSR count). The summed E-state index contributed by atoms with van der Waals surface area (Å²) in [7, 11) is 0. The van der Waals surface area contributed by atoms with E-state index >= 15 is 0 Å². The van der Waals surface area contributed by atoms with Gasteiger partial charge in [0.25, 0.3) is 5.91 Å². The minimum atomic E-state index is -1.13. The van der Waals surface area contributed by atoms with Crippen LogP contribution in [0.2, 0.25) is 0 Å². The highest BCUT2D eigenvalue weighted by atomic mass is 16.6. The Morgan fingerprint density at radius 2 is 1.56 bits per heavy atom. The molecule has 1 aliphatic carbocycles. The number of carbonyl (C=O) groups excluding carboxylic acids is 3. The van der Waals surface area contributed by atoms with Gasteiger partial charge < -0.3 is 25.4 Å². The van der Waals surface area contributed by atoms with Crippen LogP contribution in [0, 0.1) is 13.8 Å². The maximum Gasteiger partial charge on any atom is 0.408 e. The summed E-state index contributed by atoms with van der Waals surface area (Å²) in [5, 5.41) is 16.9. The standard InChI is InChI=1S/C33H39N3O5/c1-21-12-9-10-17-26(21)34-30(38)28(25-16-11-13-22(2)29(25)37)36(24-18-19-24)31(39)27(20-23-14-7-6-8-15-23)35-32(40)41-33(3,4)5/h6-17,24,27-28,37H,18-20H2,1-5H3,(H,34,38)(H,35,40). The Bertz CT molecular complexity index is 1400. The molecule has 3 aromatic carbocycles. The number of carbonyl (C=O) groups is 3. The van der Waals surface area contributed by atoms with E-state index in [9.17, 15) is 19.5 Å². The first-order chi connectivity index (χ1) is 19.4. The average Bonchev–Trinajstić information content (AvgIpc) is 3.74. The molecule has 0 saturated heterocycles. The first-order valence-corrected chi connectivity index (χ1v) is 13.9. The minimum absolute atomic E-state index is 0.0457. The molecular weight excluding hydrogens is 518 g/mol. The summed E-state index contributed by atoms with van der Waals surface area (Å²) in [6.07, 6.45) is 0.893. The molecule has 0 aliphatic heterocycles. The largest absolute Gasteiger partial charge is 0.507 e. The van der Waals surface area contributed by atoms with Crippen LogP contribution < -0.4 is 10.6 Å². The van der Waals surface area contributed by atoms with E-state index in [1.54, 1.807) is 52.0 Å². The number of anilines is 1. The number of hydrogen-bond acceptors (Lipinski definition) is 5. The zero-order chi connectivity index (χ0) is 29.7. The van der Waals surface area contributed by atoms with Gasteiger partial charge in [-0.3, -0.25) is 9.59 Å². The molecule has 3 amide bonds. The van der Waals surface area contributed by atoms with Crippen molar-refractivity contribution in [3.8, 4) is 5.75 Å². The van der Waals surface area contributed by atoms with Crippen LogP contribution >= 0.6 is 0 Å². The predicted octanol–water partition coefficient (Wildman–Crippen LogP) is 5.82. The van der Waals surface area contributed by atoms with Crippen molar-refractivity contribution in [1.29, 1.82) is 0 Å². The van der Waals surface area contributed by atoms with Crippen molar-refractivity contribution in [2.45, 2.75) is 77.6 Å². The molecule has 3 N–H and O–H groups in total. The predicted molar refractivity (Wildman–Crippen MR) is 159 cm³/mol. The first kappa shape index (κ1) is 29.6. The summed E-state index contributed by atoms with van der Waals surface area (Å²) in [4.78, 5) is 43.0. The second-order valence-electron chi connectivity index (χ2n) is 11.6. The van der Waals surface area contributed by atoms with Crippen molar-refractivity contribution in [2.24, 2.45) is 0 Å². The summed E-state index contributed by atoms with van der Waals surface area (Å²) in [6, 6.07) is 19.6. The van der Waals surface area contributed by atoms with Crippen molar-refractivity contribution in [3.63, 3.8) is 0 Å². The van der Waals surface area contributed by atoms with Crippen LogP contribution in [0.1, 0.15) is 61.9 Å². The third kappa shape index (κ3) is 7.66. The smallest absolute Gasteiger partial charge is 0.408 e. The zero-order valence-corrected chi connectivity index (χ0v) is 24.3. The number of nitrogens with one attached hydrogen (secondary N) is 2. The fraction of sp³-hybridized carbons (Fsp3) is 0.364. The van der Waals surface area contributed by atoms with E-state index in [4.69, 9.17) is 4.74 Å². The number of ether oxygens (including phenoxy) is 1. The second kappa shape index (κ2) is 12.5. The lowest BCUT2D eigenvalue weighted by molar-refractivity contribution is -0.141. The number of nitrogens with zero attached hydrogens (tertiary/aromatic N) is 1. The second-order valence-corrected chi connectivity index (χ2v) is 11.6. The average molecular weight is 558 g/mol. The molecule has 1 fully saturated rings. The van der Waals surface area contributed by atoms with E-state index in [2.05, 4.69) is 10.6 Å². The maximum absolute atomic E-state index is 14.5. The molecule has 1 aliphatic rings. The van der Waals surface area contributed by atoms with Gasteiger partial charge in [-0.15, -0.1) is 0 Å². The van der Waals surface area contributed by atoms with E-state index in [1.807, 2.05) is 55.5 Å². The van der Waals surface area contributed by atoms with E-state index in [0.29, 0.717) is 29.7 Å². The minimum Gasteiger partial charge on any atom is -0.507 e. The van der Waals surface area contributed by atoms with E-state index in [1.165, 1.54) is 4.90 Å². The quantitative estimate of drug-likeness (QED) is 0.308. The van der Waals surface area contributed by atoms with E-state index < -0.39 is 35.6 Å². The molecule has 2 atom stereocenters. The maximum atomic E-state index is 14.5. The van der Waals surface area contributed by atoms with Gasteiger partial charge in [0.15, 0.2) is 0 Å². The van der Waals surface area contributed by atoms with Gasteiger partial charge in [0.1, 0.15) is 23.4 Å². The molecule has 0 heterocycles. The monoisotopic (exact) mass is 557 g/mol. The van der Waals surface area contributed by atoms with Crippen molar-refractivity contribution < 1.29 is 24.2 Å². The number of alkyl carbamates (subject to hydrolysis) is 1. The molecule has 1 saturated carbocycles. The number of aromatic hydroxyl groups is 1. The summed E-state index contributed by atoms with van der Waals surface area (Å²) in [6.45, 7) is 8.90. The highest BCUT2D eigenvalue weighted by molar-refractivity contribution is 6.00. The Hall–Kier alpha value is -4.33. The van der Waals surface area contributed by atoms with Gasteiger partial charge >= 0.3 is 6.09 Å². The number of para-hydroxylation sites is 2. The van der Waals surface area contributed by atoms with Gasteiger partial charge in [-0.05, 0) is 70.2 Å². The fourth-order valence-electron chi connectivity index (χ4n) is 4.78. The van der Waals surface area contributed by atoms with Crippen LogP contribution in [0.4, 0.5) is 10.5 Å². The van der Waals surface area contributed by atoms with Crippen LogP contribution in [0.5, 0.6) is 5.75 Å². The number of benzene rings is 3. The van der Waals surface area contributed by atoms with Gasteiger partial charge in [0.05, 0.1) is 0 Å². The summed E-state index contributed by atoms with van der Waals surface area (Å²) in [5.74, 6) is -0.917. The Morgan fingerprint density at radius 3 is 2.20 bits per heavy atom. The van der Waals surface area contributed by atoms with Crippen LogP contribution in [0.25, 0.3) is 0 Å². The number of rotatable bonds is 9. The Balaban J connectivity index is 1.76. The third-order valence-electron chi connectivity index (χ3n) is 6.96. The topological polar surface area (TPSA) is 108 Å². The van der Waals surface area contributed by atoms with E-state index in [0.717, 1.165) is 11.1 Å². The van der Waals surface area contributed by atoms with Crippen molar-refractivity contribution in [2.75, 3.05) is 5.32 Å². The highest BCUT2D eigenvalue weighted by Gasteiger charge is 2.45. The number of phenols is 1. The number of hydrogen-bond donors (Lipinski definition) is 3. The molecule has 3 aromatic rings. The molecule has 0 spiro atoms. The van der Waals surface area contributed by atoms with Gasteiger partial charge in [0.2, 0.25) is 5.91 Å². The van der Waals surface area contributed by atoms with Gasteiger partial charge in [-0.2, -0.15) is 0 Å². The van der Waals surface area contributed by atoms with Crippen molar-refractivity contribution >= 4 is 23.6 Å². The summed E-state index contributed by atoms with van der Waals surface area (Å²) < 4.78 is 5.49. The first-order valence-electron chi connectivity index (χ1n) is 13.9. The Morgan fingerprint density at radius 1 is 0.927 bits per heavy atom. The molecule has 8 nitrogen and oxygen atoms in total. The number of amides is 3. The highest BCUT2D eigenvalue weighted by Crippen LogP contribution is 2.40. The lowest BCUT2D eigenvalue weighted by Crippen LogP contribution is -2.54. The zero-order valence-electron chi connectivity index (χ0n) is 24.3. The molecule has 2 unspecified atom stereocenters. The van der Waals surface area contributed by atoms with Crippen LogP contribution in [0.15, 0.2) is 72.8 Å². The molecule has 216 valence electrons. The molecule has 8 heteroatoms. The van der Waals surface area contributed by atoms with Gasteiger partial charge in [-0.1, -0.05) is 66.7 Å². The lowest BCUT2D eigenvalue weighted by atomic mass is 9.97. The third-order valence-corrected chi connectivity index (χ3v) is 6.96. The Labute approximate surface area is 241 Å². The molecular formula is C33H39N3O5. The van der Waals surface area contributed by atoms with Crippen molar-refractivity contribution in [3.05, 3.63) is 95.1 Å². The molecule has 0 radical (unpaired) electrons. The number of aryl methyl sites for hydroxylation is 2. The molecule has 0 aromatic heterocycles. The molecule has 0 bridgehead atoms. The van der Waals surface area contributed by atoms with Gasteiger partial charge in [0, 0.05) is 23.7 Å². The Kier molecular flexibility index (Phi) is 9.01. The SMILES string of the molecule is Cc1ccccc1NC(=O)C(c1cccc(C)c1O)N(C(=O)C(Cc1ccccc1)NC(=O)OC(C)(C)C)C1CC1.